The number of pyridine rings is 1. The lowest BCUT2D eigenvalue weighted by Gasteiger charge is -2.07. The molecule has 0 radical (unpaired) electrons. The van der Waals surface area contributed by atoms with Gasteiger partial charge in [-0.05, 0) is 6.07 Å². The lowest BCUT2D eigenvalue weighted by molar-refractivity contribution is 0.469. The molecule has 0 amide bonds. The van der Waals surface area contributed by atoms with Crippen LogP contribution in [-0.4, -0.2) is 4.98 Å². The number of ether oxygens (including phenoxy) is 1. The van der Waals surface area contributed by atoms with Gasteiger partial charge in [0.25, 0.3) is 0 Å². The predicted molar refractivity (Wildman–Crippen MR) is 59.8 cm³/mol. The van der Waals surface area contributed by atoms with Crippen LogP contribution in [0.1, 0.15) is 5.69 Å². The van der Waals surface area contributed by atoms with Crippen molar-refractivity contribution in [3.05, 3.63) is 47.8 Å². The van der Waals surface area contributed by atoms with Crippen LogP contribution in [0.3, 0.4) is 0 Å². The maximum atomic E-state index is 13.2. The van der Waals surface area contributed by atoms with Crippen molar-refractivity contribution in [1.82, 2.24) is 4.98 Å². The zero-order chi connectivity index (χ0) is 13.1. The second-order valence-corrected chi connectivity index (χ2v) is 3.39. The van der Waals surface area contributed by atoms with Crippen LogP contribution in [0.2, 0.25) is 0 Å². The molecular formula is C12H7F2N3O. The summed E-state index contributed by atoms with van der Waals surface area (Å²) in [5, 5.41) is 8.65. The summed E-state index contributed by atoms with van der Waals surface area (Å²) in [6.45, 7) is 0. The number of anilines is 1. The summed E-state index contributed by atoms with van der Waals surface area (Å²) in [6, 6.07) is 6.57. The average molecular weight is 247 g/mol. The Hall–Kier alpha value is -2.68. The number of hydrogen-bond donors (Lipinski definition) is 1. The van der Waals surface area contributed by atoms with Gasteiger partial charge in [-0.2, -0.15) is 5.26 Å². The summed E-state index contributed by atoms with van der Waals surface area (Å²) in [5.74, 6) is -1.60. The lowest BCUT2D eigenvalue weighted by atomic mass is 10.2. The first-order valence-electron chi connectivity index (χ1n) is 4.88. The van der Waals surface area contributed by atoms with Crippen molar-refractivity contribution in [1.29, 1.82) is 5.26 Å². The standard InChI is InChI=1S/C12H7F2N3O/c13-10-4-9(5-11(14)12(10)16)18-8-1-2-17-7(3-8)6-15/h1-5H,16H2. The molecule has 90 valence electrons. The number of halogens is 2. The maximum Gasteiger partial charge on any atom is 0.152 e. The molecule has 0 aliphatic carbocycles. The highest BCUT2D eigenvalue weighted by atomic mass is 19.1. The second-order valence-electron chi connectivity index (χ2n) is 3.39. The van der Waals surface area contributed by atoms with Crippen molar-refractivity contribution in [2.75, 3.05) is 5.73 Å². The van der Waals surface area contributed by atoms with Crippen molar-refractivity contribution in [2.45, 2.75) is 0 Å². The smallest absolute Gasteiger partial charge is 0.152 e. The molecule has 0 atom stereocenters. The highest BCUT2D eigenvalue weighted by molar-refractivity contribution is 5.46. The molecule has 2 rings (SSSR count). The van der Waals surface area contributed by atoms with Crippen LogP contribution in [0.25, 0.3) is 0 Å². The number of benzene rings is 1. The van der Waals surface area contributed by atoms with E-state index in [2.05, 4.69) is 4.98 Å². The quantitative estimate of drug-likeness (QED) is 0.828. The monoisotopic (exact) mass is 247 g/mol. The first-order chi connectivity index (χ1) is 8.60. The van der Waals surface area contributed by atoms with Gasteiger partial charge in [-0.25, -0.2) is 13.8 Å². The van der Waals surface area contributed by atoms with E-state index in [1.54, 1.807) is 0 Å². The van der Waals surface area contributed by atoms with Crippen molar-refractivity contribution in [2.24, 2.45) is 0 Å². The Morgan fingerprint density at radius 3 is 2.44 bits per heavy atom. The van der Waals surface area contributed by atoms with Gasteiger partial charge in [0.1, 0.15) is 28.9 Å². The SMILES string of the molecule is N#Cc1cc(Oc2cc(F)c(N)c(F)c2)ccn1. The number of aromatic nitrogens is 1. The van der Waals surface area contributed by atoms with Crippen molar-refractivity contribution in [3.8, 4) is 17.6 Å². The van der Waals surface area contributed by atoms with Crippen LogP contribution in [0.5, 0.6) is 11.5 Å². The normalized spacial score (nSPS) is 9.83. The number of nitrogens with two attached hydrogens (primary N) is 1. The summed E-state index contributed by atoms with van der Waals surface area (Å²) >= 11 is 0. The van der Waals surface area contributed by atoms with E-state index in [0.29, 0.717) is 0 Å². The van der Waals surface area contributed by atoms with Gasteiger partial charge in [0.2, 0.25) is 0 Å². The summed E-state index contributed by atoms with van der Waals surface area (Å²) < 4.78 is 31.6. The Morgan fingerprint density at radius 2 is 1.83 bits per heavy atom. The summed E-state index contributed by atoms with van der Waals surface area (Å²) in [6.07, 6.45) is 1.36. The predicted octanol–water partition coefficient (Wildman–Crippen LogP) is 2.61. The van der Waals surface area contributed by atoms with Crippen LogP contribution >= 0.6 is 0 Å². The highest BCUT2D eigenvalue weighted by Gasteiger charge is 2.09. The average Bonchev–Trinajstić information content (AvgIpc) is 2.36. The topological polar surface area (TPSA) is 71.9 Å². The molecule has 6 heteroatoms. The van der Waals surface area contributed by atoms with Gasteiger partial charge in [0.15, 0.2) is 11.6 Å². The van der Waals surface area contributed by atoms with Crippen LogP contribution < -0.4 is 10.5 Å². The molecule has 1 aromatic heterocycles. The number of nitriles is 1. The van der Waals surface area contributed by atoms with Crippen LogP contribution in [-0.2, 0) is 0 Å². The first-order valence-corrected chi connectivity index (χ1v) is 4.88. The molecule has 0 fully saturated rings. The number of hydrogen-bond acceptors (Lipinski definition) is 4. The Bertz CT molecular complexity index is 614. The molecule has 2 aromatic rings. The minimum atomic E-state index is -0.903. The molecule has 1 heterocycles. The summed E-state index contributed by atoms with van der Waals surface area (Å²) in [4.78, 5) is 3.74. The van der Waals surface area contributed by atoms with Gasteiger partial charge in [0.05, 0.1) is 0 Å². The van der Waals surface area contributed by atoms with E-state index in [9.17, 15) is 8.78 Å². The zero-order valence-electron chi connectivity index (χ0n) is 9.02. The van der Waals surface area contributed by atoms with E-state index in [4.69, 9.17) is 15.7 Å². The molecule has 1 aromatic carbocycles. The molecule has 0 saturated heterocycles. The third kappa shape index (κ3) is 2.35. The molecule has 0 aliphatic rings. The number of rotatable bonds is 2. The Kier molecular flexibility index (Phi) is 3.06. The summed E-state index contributed by atoms with van der Waals surface area (Å²) in [5.41, 5.74) is 4.71. The van der Waals surface area contributed by atoms with Gasteiger partial charge in [-0.3, -0.25) is 0 Å². The molecule has 0 saturated carbocycles. The minimum absolute atomic E-state index is 0.0470. The molecule has 0 spiro atoms. The third-order valence-electron chi connectivity index (χ3n) is 2.13. The lowest BCUT2D eigenvalue weighted by Crippen LogP contribution is -1.96. The van der Waals surface area contributed by atoms with Crippen molar-refractivity contribution in [3.63, 3.8) is 0 Å². The van der Waals surface area contributed by atoms with Crippen LogP contribution in [0, 0.1) is 23.0 Å². The van der Waals surface area contributed by atoms with Crippen molar-refractivity contribution >= 4 is 5.69 Å². The van der Waals surface area contributed by atoms with Gasteiger partial charge >= 0.3 is 0 Å². The van der Waals surface area contributed by atoms with E-state index in [0.717, 1.165) is 12.1 Å². The van der Waals surface area contributed by atoms with E-state index in [1.165, 1.54) is 18.3 Å². The van der Waals surface area contributed by atoms with E-state index in [-0.39, 0.29) is 17.2 Å². The summed E-state index contributed by atoms with van der Waals surface area (Å²) in [7, 11) is 0. The van der Waals surface area contributed by atoms with E-state index >= 15 is 0 Å². The maximum absolute atomic E-state index is 13.2. The fourth-order valence-electron chi connectivity index (χ4n) is 1.29. The fraction of sp³-hybridized carbons (Fsp3) is 0. The molecule has 18 heavy (non-hydrogen) atoms. The van der Waals surface area contributed by atoms with E-state index < -0.39 is 17.3 Å². The van der Waals surface area contributed by atoms with Gasteiger partial charge in [-0.15, -0.1) is 0 Å². The molecule has 4 nitrogen and oxygen atoms in total. The highest BCUT2D eigenvalue weighted by Crippen LogP contribution is 2.26. The fourth-order valence-corrected chi connectivity index (χ4v) is 1.29. The Labute approximate surface area is 101 Å². The number of nitrogen functional groups attached to an aromatic ring is 1. The van der Waals surface area contributed by atoms with Crippen LogP contribution in [0.15, 0.2) is 30.5 Å². The largest absolute Gasteiger partial charge is 0.457 e. The molecular weight excluding hydrogens is 240 g/mol. The van der Waals surface area contributed by atoms with E-state index in [1.807, 2.05) is 6.07 Å². The van der Waals surface area contributed by atoms with Crippen LogP contribution in [0.4, 0.5) is 14.5 Å². The molecule has 0 unspecified atom stereocenters. The zero-order valence-corrected chi connectivity index (χ0v) is 9.02. The van der Waals surface area contributed by atoms with Crippen molar-refractivity contribution < 1.29 is 13.5 Å². The molecule has 2 N–H and O–H groups in total. The Balaban J connectivity index is 2.32. The van der Waals surface area contributed by atoms with Gasteiger partial charge < -0.3 is 10.5 Å². The molecule has 0 bridgehead atoms. The second kappa shape index (κ2) is 4.67. The third-order valence-corrected chi connectivity index (χ3v) is 2.13. The number of nitrogens with zero attached hydrogens (tertiary/aromatic N) is 2. The Morgan fingerprint density at radius 1 is 1.17 bits per heavy atom. The van der Waals surface area contributed by atoms with Gasteiger partial charge in [0, 0.05) is 24.4 Å². The van der Waals surface area contributed by atoms with Gasteiger partial charge in [-0.1, -0.05) is 0 Å². The first kappa shape index (κ1) is 11.8. The molecule has 0 aliphatic heterocycles. The minimum Gasteiger partial charge on any atom is -0.457 e.